The van der Waals surface area contributed by atoms with Gasteiger partial charge in [-0.15, -0.1) is 23.1 Å². The average Bonchev–Trinajstić information content (AvgIpc) is 3.20. The molecule has 0 aliphatic carbocycles. The molecule has 0 aliphatic rings. The van der Waals surface area contributed by atoms with Crippen molar-refractivity contribution in [2.45, 2.75) is 4.90 Å². The van der Waals surface area contributed by atoms with Crippen LogP contribution in [-0.2, 0) is 14.4 Å². The van der Waals surface area contributed by atoms with Crippen molar-refractivity contribution in [3.8, 4) is 11.3 Å². The lowest BCUT2D eigenvalue weighted by molar-refractivity contribution is -0.131. The number of aliphatic carboxylic acids is 1. The fraction of sp³-hybridized carbons (Fsp3) is 0.0476. The van der Waals surface area contributed by atoms with Crippen molar-refractivity contribution in [2.75, 3.05) is 16.4 Å². The number of hydrogen-bond donors (Lipinski definition) is 3. The topological polar surface area (TPSA) is 108 Å². The molecule has 3 N–H and O–H groups in total. The van der Waals surface area contributed by atoms with Crippen molar-refractivity contribution in [3.63, 3.8) is 0 Å². The zero-order valence-corrected chi connectivity index (χ0v) is 18.3. The van der Waals surface area contributed by atoms with Gasteiger partial charge in [-0.25, -0.2) is 9.78 Å². The molecule has 3 aromatic rings. The van der Waals surface area contributed by atoms with E-state index >= 15 is 0 Å². The molecule has 1 aromatic heterocycles. The Kier molecular flexibility index (Phi) is 7.82. The molecule has 0 radical (unpaired) electrons. The summed E-state index contributed by atoms with van der Waals surface area (Å²) in [5.74, 6) is -1.72. The highest BCUT2D eigenvalue weighted by molar-refractivity contribution is 8.00. The summed E-state index contributed by atoms with van der Waals surface area (Å²) in [4.78, 5) is 39.5. The Hall–Kier alpha value is -3.14. The van der Waals surface area contributed by atoms with Crippen LogP contribution in [0.25, 0.3) is 11.3 Å². The van der Waals surface area contributed by atoms with E-state index in [0.717, 1.165) is 28.3 Å². The summed E-state index contributed by atoms with van der Waals surface area (Å²) in [6.45, 7) is 0. The van der Waals surface area contributed by atoms with Crippen LogP contribution in [-0.4, -0.2) is 33.6 Å². The van der Waals surface area contributed by atoms with Gasteiger partial charge >= 0.3 is 5.97 Å². The zero-order valence-electron chi connectivity index (χ0n) is 15.9. The number of benzene rings is 2. The lowest BCUT2D eigenvalue weighted by atomic mass is 10.2. The second kappa shape index (κ2) is 10.8. The van der Waals surface area contributed by atoms with Crippen molar-refractivity contribution in [3.05, 3.63) is 71.1 Å². The number of halogens is 1. The minimum atomic E-state index is -1.20. The Morgan fingerprint density at radius 2 is 1.74 bits per heavy atom. The van der Waals surface area contributed by atoms with Crippen molar-refractivity contribution in [1.82, 2.24) is 4.98 Å². The molecule has 158 valence electrons. The molecule has 0 aliphatic heterocycles. The molecule has 0 bridgehead atoms. The number of carbonyl (C=O) groups is 3. The summed E-state index contributed by atoms with van der Waals surface area (Å²) in [6, 6.07) is 14.2. The number of thiazole rings is 1. The quantitative estimate of drug-likeness (QED) is 0.321. The molecule has 2 aromatic carbocycles. The molecule has 0 fully saturated rings. The first-order valence-corrected chi connectivity index (χ1v) is 11.1. The number of aromatic nitrogens is 1. The van der Waals surface area contributed by atoms with E-state index in [0.29, 0.717) is 15.8 Å². The molecule has 0 saturated heterocycles. The predicted octanol–water partition coefficient (Wildman–Crippen LogP) is 4.77. The Labute approximate surface area is 191 Å². The number of carboxylic acids is 1. The van der Waals surface area contributed by atoms with Crippen LogP contribution < -0.4 is 10.6 Å². The van der Waals surface area contributed by atoms with E-state index in [2.05, 4.69) is 15.6 Å². The van der Waals surface area contributed by atoms with E-state index in [4.69, 9.17) is 16.7 Å². The lowest BCUT2D eigenvalue weighted by Gasteiger charge is -2.05. The minimum absolute atomic E-state index is 0.182. The maximum atomic E-state index is 12.2. The molecular formula is C21H16ClN3O4S2. The number of nitrogens with one attached hydrogen (secondary N) is 2. The second-order valence-electron chi connectivity index (χ2n) is 6.07. The minimum Gasteiger partial charge on any atom is -0.478 e. The Bertz CT molecular complexity index is 1110. The number of thioether (sulfide) groups is 1. The number of anilines is 2. The molecule has 0 saturated carbocycles. The van der Waals surface area contributed by atoms with Gasteiger partial charge in [0.1, 0.15) is 0 Å². The molecule has 7 nitrogen and oxygen atoms in total. The van der Waals surface area contributed by atoms with Crippen molar-refractivity contribution in [1.29, 1.82) is 0 Å². The van der Waals surface area contributed by atoms with Crippen LogP contribution in [0.2, 0.25) is 5.02 Å². The van der Waals surface area contributed by atoms with Gasteiger partial charge in [-0.2, -0.15) is 0 Å². The first-order chi connectivity index (χ1) is 14.9. The average molecular weight is 474 g/mol. The molecule has 0 spiro atoms. The summed E-state index contributed by atoms with van der Waals surface area (Å²) in [6.07, 6.45) is 1.70. The van der Waals surface area contributed by atoms with Crippen LogP contribution in [0.3, 0.4) is 0 Å². The third kappa shape index (κ3) is 7.25. The number of rotatable bonds is 8. The normalized spacial score (nSPS) is 10.7. The third-order valence-electron chi connectivity index (χ3n) is 3.76. The van der Waals surface area contributed by atoms with Gasteiger partial charge in [0, 0.05) is 38.7 Å². The molecular weight excluding hydrogens is 458 g/mol. The molecule has 10 heteroatoms. The molecule has 1 heterocycles. The van der Waals surface area contributed by atoms with Crippen LogP contribution in [0, 0.1) is 0 Å². The number of carboxylic acid groups (broad SMARTS) is 1. The largest absolute Gasteiger partial charge is 0.478 e. The third-order valence-corrected chi connectivity index (χ3v) is 5.78. The molecule has 0 atom stereocenters. The number of carbonyl (C=O) groups excluding carboxylic acids is 2. The highest BCUT2D eigenvalue weighted by atomic mass is 35.5. The van der Waals surface area contributed by atoms with Gasteiger partial charge < -0.3 is 15.7 Å². The summed E-state index contributed by atoms with van der Waals surface area (Å²) in [7, 11) is 0. The van der Waals surface area contributed by atoms with E-state index in [1.807, 2.05) is 17.5 Å². The van der Waals surface area contributed by atoms with E-state index in [-0.39, 0.29) is 11.7 Å². The van der Waals surface area contributed by atoms with Gasteiger partial charge in [-0.3, -0.25) is 9.59 Å². The fourth-order valence-electron chi connectivity index (χ4n) is 2.35. The first-order valence-electron chi connectivity index (χ1n) is 8.85. The monoisotopic (exact) mass is 473 g/mol. The van der Waals surface area contributed by atoms with E-state index in [1.54, 1.807) is 36.4 Å². The SMILES string of the molecule is O=C(O)/C=C/C(=O)Nc1ccc(SCC(=O)Nc2nc(-c3ccc(Cl)cc3)cs2)cc1. The van der Waals surface area contributed by atoms with Gasteiger partial charge in [0.15, 0.2) is 5.13 Å². The standard InChI is InChI=1S/C21H16ClN3O4S2/c22-14-3-1-13(2-4-14)17-11-31-21(24-17)25-19(27)12-30-16-7-5-15(6-8-16)23-18(26)9-10-20(28)29/h1-11H,12H2,(H,23,26)(H,28,29)(H,24,25,27)/b10-9+. The highest BCUT2D eigenvalue weighted by Crippen LogP contribution is 2.26. The molecule has 0 unspecified atom stereocenters. The highest BCUT2D eigenvalue weighted by Gasteiger charge is 2.09. The van der Waals surface area contributed by atoms with Gasteiger partial charge in [0.2, 0.25) is 11.8 Å². The van der Waals surface area contributed by atoms with Crippen molar-refractivity contribution < 1.29 is 19.5 Å². The van der Waals surface area contributed by atoms with Crippen LogP contribution in [0.15, 0.2) is 71.0 Å². The van der Waals surface area contributed by atoms with Gasteiger partial charge in [0.25, 0.3) is 0 Å². The molecule has 31 heavy (non-hydrogen) atoms. The predicted molar refractivity (Wildman–Crippen MR) is 124 cm³/mol. The van der Waals surface area contributed by atoms with Crippen LogP contribution in [0.4, 0.5) is 10.8 Å². The number of amides is 2. The molecule has 3 rings (SSSR count). The maximum Gasteiger partial charge on any atom is 0.328 e. The fourth-order valence-corrected chi connectivity index (χ4v) is 3.91. The van der Waals surface area contributed by atoms with Crippen LogP contribution in [0.5, 0.6) is 0 Å². The smallest absolute Gasteiger partial charge is 0.328 e. The summed E-state index contributed by atoms with van der Waals surface area (Å²) < 4.78 is 0. The lowest BCUT2D eigenvalue weighted by Crippen LogP contribution is -2.13. The Balaban J connectivity index is 1.48. The van der Waals surface area contributed by atoms with Crippen LogP contribution >= 0.6 is 34.7 Å². The summed E-state index contributed by atoms with van der Waals surface area (Å²) in [5.41, 5.74) is 2.20. The Morgan fingerprint density at radius 1 is 1.03 bits per heavy atom. The number of nitrogens with zero attached hydrogens (tertiary/aromatic N) is 1. The van der Waals surface area contributed by atoms with Gasteiger partial charge in [0.05, 0.1) is 11.4 Å². The second-order valence-corrected chi connectivity index (χ2v) is 8.41. The number of hydrogen-bond acceptors (Lipinski definition) is 6. The van der Waals surface area contributed by atoms with Gasteiger partial charge in [-0.05, 0) is 36.4 Å². The van der Waals surface area contributed by atoms with Gasteiger partial charge in [-0.1, -0.05) is 23.7 Å². The van der Waals surface area contributed by atoms with E-state index in [1.165, 1.54) is 23.1 Å². The first kappa shape index (κ1) is 22.5. The van der Waals surface area contributed by atoms with E-state index < -0.39 is 11.9 Å². The van der Waals surface area contributed by atoms with Crippen LogP contribution in [0.1, 0.15) is 0 Å². The zero-order chi connectivity index (χ0) is 22.2. The summed E-state index contributed by atoms with van der Waals surface area (Å²) >= 11 is 8.58. The van der Waals surface area contributed by atoms with Crippen molar-refractivity contribution >= 4 is 63.3 Å². The molecule has 2 amide bonds. The summed E-state index contributed by atoms with van der Waals surface area (Å²) in [5, 5.41) is 16.9. The Morgan fingerprint density at radius 3 is 2.42 bits per heavy atom. The maximum absolute atomic E-state index is 12.2. The van der Waals surface area contributed by atoms with E-state index in [9.17, 15) is 14.4 Å². The van der Waals surface area contributed by atoms with Crippen molar-refractivity contribution in [2.24, 2.45) is 0 Å².